The second-order valence-corrected chi connectivity index (χ2v) is 10.3. The maximum Gasteiger partial charge on any atom is 0.174 e. The number of nitrogens with zero attached hydrogens (tertiary/aromatic N) is 2. The summed E-state index contributed by atoms with van der Waals surface area (Å²) in [6.45, 7) is 0. The molecule has 1 atom stereocenters. The summed E-state index contributed by atoms with van der Waals surface area (Å²) >= 11 is 12.0. The number of fused-ring (bicyclic) bond motifs is 1. The summed E-state index contributed by atoms with van der Waals surface area (Å²) in [5, 5.41) is 5.81. The van der Waals surface area contributed by atoms with E-state index in [-0.39, 0.29) is 28.9 Å². The number of benzene rings is 2. The van der Waals surface area contributed by atoms with Crippen LogP contribution >= 0.6 is 23.2 Å². The van der Waals surface area contributed by atoms with E-state index in [9.17, 15) is 9.59 Å². The summed E-state index contributed by atoms with van der Waals surface area (Å²) in [6.07, 6.45) is 6.58. The normalized spacial score (nSPS) is 27.7. The van der Waals surface area contributed by atoms with Crippen molar-refractivity contribution in [2.45, 2.75) is 43.7 Å². The Hall–Kier alpha value is -2.63. The lowest BCUT2D eigenvalue weighted by Crippen LogP contribution is -2.68. The quantitative estimate of drug-likeness (QED) is 0.481. The molecule has 32 heavy (non-hydrogen) atoms. The van der Waals surface area contributed by atoms with Gasteiger partial charge in [0.1, 0.15) is 5.75 Å². The predicted molar refractivity (Wildman–Crippen MR) is 121 cm³/mol. The number of aromatic nitrogens is 2. The molecule has 3 fully saturated rings. The van der Waals surface area contributed by atoms with Crippen molar-refractivity contribution >= 4 is 34.8 Å². The Balaban J connectivity index is 1.11. The van der Waals surface area contributed by atoms with Crippen LogP contribution in [0.4, 0.5) is 0 Å². The van der Waals surface area contributed by atoms with Crippen LogP contribution in [-0.2, 0) is 10.3 Å². The molecule has 0 N–H and O–H groups in total. The maximum atomic E-state index is 13.0. The third-order valence-electron chi connectivity index (χ3n) is 7.15. The highest BCUT2D eigenvalue weighted by Gasteiger charge is 2.69. The van der Waals surface area contributed by atoms with Crippen LogP contribution in [0.15, 0.2) is 54.9 Å². The van der Waals surface area contributed by atoms with Gasteiger partial charge in [0.2, 0.25) is 0 Å². The van der Waals surface area contributed by atoms with E-state index in [1.54, 1.807) is 18.2 Å². The molecule has 7 rings (SSSR count). The number of carbonyl (C=O) groups excluding carboxylic acids is 2. The van der Waals surface area contributed by atoms with Gasteiger partial charge in [-0.05, 0) is 60.6 Å². The van der Waals surface area contributed by atoms with E-state index in [0.29, 0.717) is 27.8 Å². The molecule has 2 bridgehead atoms. The molecule has 7 heteroatoms. The van der Waals surface area contributed by atoms with Gasteiger partial charge in [0.05, 0.1) is 23.7 Å². The lowest BCUT2D eigenvalue weighted by molar-refractivity contribution is -0.199. The molecule has 3 aliphatic carbocycles. The van der Waals surface area contributed by atoms with Crippen molar-refractivity contribution in [3.63, 3.8) is 0 Å². The lowest BCUT2D eigenvalue weighted by Gasteiger charge is -2.70. The van der Waals surface area contributed by atoms with Crippen LogP contribution in [0.5, 0.6) is 5.75 Å². The van der Waals surface area contributed by atoms with E-state index in [1.807, 2.05) is 30.5 Å². The molecule has 4 aliphatic rings. The summed E-state index contributed by atoms with van der Waals surface area (Å²) in [5.41, 5.74) is 2.62. The highest BCUT2D eigenvalue weighted by molar-refractivity contribution is 6.31. The molecule has 3 saturated carbocycles. The van der Waals surface area contributed by atoms with Crippen molar-refractivity contribution in [2.75, 3.05) is 0 Å². The van der Waals surface area contributed by atoms with Crippen LogP contribution in [0.25, 0.3) is 11.1 Å². The molecule has 0 saturated heterocycles. The van der Waals surface area contributed by atoms with Gasteiger partial charge in [-0.3, -0.25) is 14.3 Å². The van der Waals surface area contributed by atoms with Crippen LogP contribution in [0.3, 0.4) is 0 Å². The Morgan fingerprint density at radius 2 is 1.78 bits per heavy atom. The summed E-state index contributed by atoms with van der Waals surface area (Å²) in [6, 6.07) is 12.7. The molecule has 0 amide bonds. The largest absolute Gasteiger partial charge is 0.481 e. The van der Waals surface area contributed by atoms with Gasteiger partial charge in [0.25, 0.3) is 0 Å². The van der Waals surface area contributed by atoms with E-state index < -0.39 is 6.10 Å². The first-order valence-corrected chi connectivity index (χ1v) is 11.4. The molecule has 0 radical (unpaired) electrons. The van der Waals surface area contributed by atoms with Crippen molar-refractivity contribution in [1.82, 2.24) is 9.78 Å². The fraction of sp³-hybridized carbons (Fsp3) is 0.320. The van der Waals surface area contributed by atoms with E-state index in [4.69, 9.17) is 27.9 Å². The Morgan fingerprint density at radius 3 is 2.53 bits per heavy atom. The lowest BCUT2D eigenvalue weighted by atomic mass is 9.38. The van der Waals surface area contributed by atoms with Gasteiger partial charge < -0.3 is 4.74 Å². The van der Waals surface area contributed by atoms with E-state index in [2.05, 4.69) is 16.0 Å². The number of Topliss-reactive ketones (excluding diaryl/α,β-unsaturated/α-hetero) is 2. The molecular weight excluding hydrogens is 447 g/mol. The first-order valence-electron chi connectivity index (χ1n) is 10.7. The van der Waals surface area contributed by atoms with Gasteiger partial charge in [-0.1, -0.05) is 35.3 Å². The molecule has 2 heterocycles. The van der Waals surface area contributed by atoms with Gasteiger partial charge >= 0.3 is 0 Å². The van der Waals surface area contributed by atoms with Gasteiger partial charge in [0, 0.05) is 28.2 Å². The Labute approximate surface area is 195 Å². The molecule has 162 valence electrons. The first-order chi connectivity index (χ1) is 15.3. The molecule has 0 unspecified atom stereocenters. The molecule has 0 spiro atoms. The van der Waals surface area contributed by atoms with Crippen molar-refractivity contribution in [3.8, 4) is 16.9 Å². The fourth-order valence-corrected chi connectivity index (χ4v) is 6.00. The SMILES string of the molecule is O=C1C[C@H](C(=O)CC23CC(n4cc(-c5ccc(Cl)cc5)cn4)(C2)C3)Oc2ccc(Cl)cc21. The Kier molecular flexibility index (Phi) is 4.33. The van der Waals surface area contributed by atoms with Crippen LogP contribution < -0.4 is 4.74 Å². The zero-order valence-electron chi connectivity index (χ0n) is 17.2. The average Bonchev–Trinajstić information content (AvgIpc) is 3.20. The van der Waals surface area contributed by atoms with Crippen molar-refractivity contribution in [1.29, 1.82) is 0 Å². The highest BCUT2D eigenvalue weighted by atomic mass is 35.5. The van der Waals surface area contributed by atoms with Crippen molar-refractivity contribution in [3.05, 3.63) is 70.5 Å². The molecule has 5 nitrogen and oxygen atoms in total. The van der Waals surface area contributed by atoms with Crippen molar-refractivity contribution < 1.29 is 14.3 Å². The van der Waals surface area contributed by atoms with E-state index >= 15 is 0 Å². The van der Waals surface area contributed by atoms with Gasteiger partial charge in [-0.2, -0.15) is 5.10 Å². The fourth-order valence-electron chi connectivity index (χ4n) is 5.70. The molecular formula is C25H20Cl2N2O3. The standard InChI is InChI=1S/C25H20Cl2N2O3/c26-17-3-1-15(2-4-17)16-10-28-29(11-16)25-12-24(13-25,14-25)9-21(31)23-8-20(30)19-7-18(27)5-6-22(19)32-23/h1-7,10-11,23H,8-9,12-14H2/t23-,24?,25?/m1/s1. The Bertz CT molecular complexity index is 1240. The van der Waals surface area contributed by atoms with Crippen LogP contribution in [-0.4, -0.2) is 27.5 Å². The maximum absolute atomic E-state index is 13.0. The number of ether oxygens (including phenoxy) is 1. The van der Waals surface area contributed by atoms with Crippen LogP contribution in [0, 0.1) is 5.41 Å². The van der Waals surface area contributed by atoms with Crippen LogP contribution in [0.2, 0.25) is 10.0 Å². The molecule has 1 aromatic heterocycles. The van der Waals surface area contributed by atoms with E-state index in [1.165, 1.54) is 0 Å². The second-order valence-electron chi connectivity index (χ2n) is 9.45. The van der Waals surface area contributed by atoms with Crippen LogP contribution in [0.1, 0.15) is 42.5 Å². The zero-order valence-corrected chi connectivity index (χ0v) is 18.7. The minimum absolute atomic E-state index is 0.00886. The zero-order chi connectivity index (χ0) is 22.1. The average molecular weight is 467 g/mol. The highest BCUT2D eigenvalue weighted by Crippen LogP contribution is 2.73. The monoisotopic (exact) mass is 466 g/mol. The second kappa shape index (κ2) is 6.93. The summed E-state index contributed by atoms with van der Waals surface area (Å²) in [5.74, 6) is 0.367. The molecule has 2 aromatic carbocycles. The predicted octanol–water partition coefficient (Wildman–Crippen LogP) is 5.73. The molecule has 1 aliphatic heterocycles. The third-order valence-corrected chi connectivity index (χ3v) is 7.64. The molecule has 3 aromatic rings. The summed E-state index contributed by atoms with van der Waals surface area (Å²) in [4.78, 5) is 25.5. The topological polar surface area (TPSA) is 61.2 Å². The van der Waals surface area contributed by atoms with Crippen molar-refractivity contribution in [2.24, 2.45) is 5.41 Å². The summed E-state index contributed by atoms with van der Waals surface area (Å²) in [7, 11) is 0. The van der Waals surface area contributed by atoms with E-state index in [0.717, 1.165) is 30.4 Å². The van der Waals surface area contributed by atoms with Gasteiger partial charge in [-0.15, -0.1) is 0 Å². The number of ketones is 2. The third kappa shape index (κ3) is 3.10. The number of halogens is 2. The number of rotatable bonds is 5. The number of carbonyl (C=O) groups is 2. The Morgan fingerprint density at radius 1 is 1.06 bits per heavy atom. The summed E-state index contributed by atoms with van der Waals surface area (Å²) < 4.78 is 7.92. The minimum atomic E-state index is -0.706. The van der Waals surface area contributed by atoms with Gasteiger partial charge in [0.15, 0.2) is 17.7 Å². The number of hydrogen-bond donors (Lipinski definition) is 0. The minimum Gasteiger partial charge on any atom is -0.481 e. The first kappa shape index (κ1) is 20.0. The number of hydrogen-bond acceptors (Lipinski definition) is 4. The van der Waals surface area contributed by atoms with Gasteiger partial charge in [-0.25, -0.2) is 0 Å². The smallest absolute Gasteiger partial charge is 0.174 e.